The third-order valence-corrected chi connectivity index (χ3v) is 2.76. The van der Waals surface area contributed by atoms with Crippen molar-refractivity contribution in [3.63, 3.8) is 0 Å². The van der Waals surface area contributed by atoms with Crippen LogP contribution >= 0.6 is 0 Å². The molecule has 0 saturated heterocycles. The number of nitrogens with two attached hydrogens (primary N) is 1. The molecule has 4 nitrogen and oxygen atoms in total. The monoisotopic (exact) mass is 228 g/mol. The van der Waals surface area contributed by atoms with Gasteiger partial charge in [0.15, 0.2) is 11.5 Å². The van der Waals surface area contributed by atoms with Gasteiger partial charge in [0.25, 0.3) is 0 Å². The van der Waals surface area contributed by atoms with Crippen LogP contribution < -0.4 is 15.2 Å². The Bertz CT molecular complexity index is 528. The first-order valence-electron chi connectivity index (χ1n) is 5.40. The number of rotatable bonds is 2. The molecule has 4 heteroatoms. The van der Waals surface area contributed by atoms with Crippen LogP contribution in [0, 0.1) is 0 Å². The lowest BCUT2D eigenvalue weighted by Crippen LogP contribution is -2.13. The van der Waals surface area contributed by atoms with Crippen LogP contribution in [0.25, 0.3) is 0 Å². The first-order chi connectivity index (χ1) is 8.34. The van der Waals surface area contributed by atoms with Crippen molar-refractivity contribution < 1.29 is 9.47 Å². The van der Waals surface area contributed by atoms with E-state index in [2.05, 4.69) is 4.98 Å². The first-order valence-corrected chi connectivity index (χ1v) is 5.40. The van der Waals surface area contributed by atoms with E-state index in [1.54, 1.807) is 6.20 Å². The standard InChI is InChI=1S/C13H12N2O2/c14-13(10-3-1-2-6-15-10)9-4-5-11-12(7-9)17-8-16-11/h1-7,13H,8,14H2/t13-/m0/s1. The second kappa shape index (κ2) is 4.07. The van der Waals surface area contributed by atoms with Gasteiger partial charge in [0.1, 0.15) is 0 Å². The maximum absolute atomic E-state index is 6.15. The van der Waals surface area contributed by atoms with Crippen LogP contribution in [0.4, 0.5) is 0 Å². The van der Waals surface area contributed by atoms with Gasteiger partial charge in [0, 0.05) is 6.20 Å². The van der Waals surface area contributed by atoms with Gasteiger partial charge >= 0.3 is 0 Å². The molecule has 0 unspecified atom stereocenters. The molecule has 1 atom stereocenters. The molecule has 1 aromatic carbocycles. The fraction of sp³-hybridized carbons (Fsp3) is 0.154. The minimum Gasteiger partial charge on any atom is -0.454 e. The summed E-state index contributed by atoms with van der Waals surface area (Å²) in [6, 6.07) is 11.2. The Balaban J connectivity index is 1.94. The highest BCUT2D eigenvalue weighted by Crippen LogP contribution is 2.34. The minimum absolute atomic E-state index is 0.245. The van der Waals surface area contributed by atoms with Crippen LogP contribution in [0.3, 0.4) is 0 Å². The summed E-state index contributed by atoms with van der Waals surface area (Å²) in [5.74, 6) is 1.51. The van der Waals surface area contributed by atoms with Crippen LogP contribution in [0.15, 0.2) is 42.6 Å². The molecular formula is C13H12N2O2. The topological polar surface area (TPSA) is 57.4 Å². The molecule has 0 spiro atoms. The van der Waals surface area contributed by atoms with Crippen molar-refractivity contribution >= 4 is 0 Å². The van der Waals surface area contributed by atoms with Crippen molar-refractivity contribution in [1.82, 2.24) is 4.98 Å². The molecule has 1 aliphatic rings. The summed E-state index contributed by atoms with van der Waals surface area (Å²) < 4.78 is 10.6. The average Bonchev–Trinajstić information content (AvgIpc) is 2.86. The van der Waals surface area contributed by atoms with E-state index < -0.39 is 0 Å². The summed E-state index contributed by atoms with van der Waals surface area (Å²) in [4.78, 5) is 4.25. The van der Waals surface area contributed by atoms with Crippen molar-refractivity contribution in [2.24, 2.45) is 5.73 Å². The second-order valence-electron chi connectivity index (χ2n) is 3.84. The molecule has 17 heavy (non-hydrogen) atoms. The van der Waals surface area contributed by atoms with Gasteiger partial charge in [-0.25, -0.2) is 0 Å². The Morgan fingerprint density at radius 3 is 2.82 bits per heavy atom. The smallest absolute Gasteiger partial charge is 0.231 e. The predicted molar refractivity (Wildman–Crippen MR) is 62.8 cm³/mol. The molecule has 3 rings (SSSR count). The van der Waals surface area contributed by atoms with Gasteiger partial charge in [-0.3, -0.25) is 4.98 Å². The lowest BCUT2D eigenvalue weighted by Gasteiger charge is -2.11. The molecule has 2 heterocycles. The maximum atomic E-state index is 6.15. The molecule has 86 valence electrons. The van der Waals surface area contributed by atoms with Gasteiger partial charge < -0.3 is 15.2 Å². The number of pyridine rings is 1. The highest BCUT2D eigenvalue weighted by Gasteiger charge is 2.17. The molecule has 0 saturated carbocycles. The zero-order valence-corrected chi connectivity index (χ0v) is 9.17. The summed E-state index contributed by atoms with van der Waals surface area (Å²) in [6.45, 7) is 0.275. The van der Waals surface area contributed by atoms with Crippen LogP contribution in [-0.2, 0) is 0 Å². The van der Waals surface area contributed by atoms with Crippen molar-refractivity contribution in [2.45, 2.75) is 6.04 Å². The molecule has 1 aromatic heterocycles. The zero-order valence-electron chi connectivity index (χ0n) is 9.17. The number of benzene rings is 1. The van der Waals surface area contributed by atoms with Crippen molar-refractivity contribution in [2.75, 3.05) is 6.79 Å². The molecular weight excluding hydrogens is 216 g/mol. The minimum atomic E-state index is -0.245. The predicted octanol–water partition coefficient (Wildman–Crippen LogP) is 1.86. The lowest BCUT2D eigenvalue weighted by molar-refractivity contribution is 0.174. The number of aromatic nitrogens is 1. The van der Waals surface area contributed by atoms with Crippen LogP contribution in [0.2, 0.25) is 0 Å². The summed E-state index contributed by atoms with van der Waals surface area (Å²) in [5, 5.41) is 0. The molecule has 0 amide bonds. The fourth-order valence-electron chi connectivity index (χ4n) is 1.84. The number of fused-ring (bicyclic) bond motifs is 1. The maximum Gasteiger partial charge on any atom is 0.231 e. The Morgan fingerprint density at radius 1 is 1.12 bits per heavy atom. The normalized spacial score (nSPS) is 14.6. The van der Waals surface area contributed by atoms with Crippen molar-refractivity contribution in [3.8, 4) is 11.5 Å². The summed E-state index contributed by atoms with van der Waals surface area (Å²) in [6.07, 6.45) is 1.74. The Morgan fingerprint density at radius 2 is 2.00 bits per heavy atom. The third-order valence-electron chi connectivity index (χ3n) is 2.76. The molecule has 0 fully saturated rings. The molecule has 0 radical (unpaired) electrons. The van der Waals surface area contributed by atoms with E-state index in [0.29, 0.717) is 0 Å². The second-order valence-corrected chi connectivity index (χ2v) is 3.84. The van der Waals surface area contributed by atoms with Crippen molar-refractivity contribution in [1.29, 1.82) is 0 Å². The summed E-state index contributed by atoms with van der Waals surface area (Å²) >= 11 is 0. The molecule has 1 aliphatic heterocycles. The Labute approximate surface area is 99.0 Å². The highest BCUT2D eigenvalue weighted by atomic mass is 16.7. The summed E-state index contributed by atoms with van der Waals surface area (Å²) in [7, 11) is 0. The van der Waals surface area contributed by atoms with Gasteiger partial charge in [-0.05, 0) is 29.8 Å². The van der Waals surface area contributed by atoms with Crippen LogP contribution in [-0.4, -0.2) is 11.8 Å². The van der Waals surface area contributed by atoms with Gasteiger partial charge in [-0.2, -0.15) is 0 Å². The molecule has 2 aromatic rings. The lowest BCUT2D eigenvalue weighted by atomic mass is 10.0. The quantitative estimate of drug-likeness (QED) is 0.852. The molecule has 0 aliphatic carbocycles. The van der Waals surface area contributed by atoms with E-state index in [0.717, 1.165) is 22.8 Å². The molecule has 2 N–H and O–H groups in total. The fourth-order valence-corrected chi connectivity index (χ4v) is 1.84. The van der Waals surface area contributed by atoms with Gasteiger partial charge in [-0.1, -0.05) is 12.1 Å². The zero-order chi connectivity index (χ0) is 11.7. The number of ether oxygens (including phenoxy) is 2. The van der Waals surface area contributed by atoms with E-state index in [4.69, 9.17) is 15.2 Å². The largest absolute Gasteiger partial charge is 0.454 e. The Kier molecular flexibility index (Phi) is 2.42. The van der Waals surface area contributed by atoms with E-state index >= 15 is 0 Å². The van der Waals surface area contributed by atoms with Crippen molar-refractivity contribution in [3.05, 3.63) is 53.9 Å². The van der Waals surface area contributed by atoms with Crippen LogP contribution in [0.1, 0.15) is 17.3 Å². The van der Waals surface area contributed by atoms with Gasteiger partial charge in [0.2, 0.25) is 6.79 Å². The van der Waals surface area contributed by atoms with Gasteiger partial charge in [0.05, 0.1) is 11.7 Å². The SMILES string of the molecule is N[C@@H](c1ccc2c(c1)OCO2)c1ccccn1. The first kappa shape index (κ1) is 10.1. The number of hydrogen-bond donors (Lipinski definition) is 1. The number of hydrogen-bond acceptors (Lipinski definition) is 4. The van der Waals surface area contributed by atoms with E-state index in [9.17, 15) is 0 Å². The van der Waals surface area contributed by atoms with Crippen LogP contribution in [0.5, 0.6) is 11.5 Å². The van der Waals surface area contributed by atoms with E-state index in [1.807, 2.05) is 36.4 Å². The van der Waals surface area contributed by atoms with E-state index in [1.165, 1.54) is 0 Å². The average molecular weight is 228 g/mol. The highest BCUT2D eigenvalue weighted by molar-refractivity contribution is 5.46. The number of nitrogens with zero attached hydrogens (tertiary/aromatic N) is 1. The van der Waals surface area contributed by atoms with Gasteiger partial charge in [-0.15, -0.1) is 0 Å². The summed E-state index contributed by atoms with van der Waals surface area (Å²) in [5.41, 5.74) is 7.96. The third kappa shape index (κ3) is 1.83. The Hall–Kier alpha value is -2.07. The van der Waals surface area contributed by atoms with E-state index in [-0.39, 0.29) is 12.8 Å². The molecule has 0 bridgehead atoms.